The molecule has 0 aliphatic carbocycles. The van der Waals surface area contributed by atoms with Crippen molar-refractivity contribution in [1.82, 2.24) is 9.55 Å². The van der Waals surface area contributed by atoms with Gasteiger partial charge in [0.25, 0.3) is 5.56 Å². The van der Waals surface area contributed by atoms with Crippen LogP contribution in [0.2, 0.25) is 0 Å². The van der Waals surface area contributed by atoms with E-state index >= 15 is 0 Å². The van der Waals surface area contributed by atoms with Crippen LogP contribution in [0.3, 0.4) is 0 Å². The van der Waals surface area contributed by atoms with Gasteiger partial charge in [0.1, 0.15) is 14.5 Å². The predicted octanol–water partition coefficient (Wildman–Crippen LogP) is 0.503. The zero-order valence-electron chi connectivity index (χ0n) is 8.58. The van der Waals surface area contributed by atoms with E-state index < -0.39 is 9.84 Å². The first-order chi connectivity index (χ1) is 7.47. The molecule has 2 aromatic rings. The van der Waals surface area contributed by atoms with E-state index in [0.717, 1.165) is 6.26 Å². The van der Waals surface area contributed by atoms with E-state index in [4.69, 9.17) is 0 Å². The van der Waals surface area contributed by atoms with Crippen LogP contribution in [0.15, 0.2) is 22.6 Å². The van der Waals surface area contributed by atoms with Crippen molar-refractivity contribution in [1.29, 1.82) is 0 Å². The van der Waals surface area contributed by atoms with Crippen molar-refractivity contribution < 1.29 is 8.42 Å². The average molecular weight is 258 g/mol. The Balaban J connectivity index is 2.39. The predicted molar refractivity (Wildman–Crippen MR) is 63.6 cm³/mol. The summed E-state index contributed by atoms with van der Waals surface area (Å²) in [6.07, 6.45) is 2.54. The third-order valence-electron chi connectivity index (χ3n) is 2.14. The van der Waals surface area contributed by atoms with Crippen LogP contribution < -0.4 is 5.56 Å². The van der Waals surface area contributed by atoms with Crippen molar-refractivity contribution in [3.63, 3.8) is 0 Å². The van der Waals surface area contributed by atoms with Gasteiger partial charge in [0.15, 0.2) is 0 Å². The minimum atomic E-state index is -3.06. The Labute approximate surface area is 96.3 Å². The Morgan fingerprint density at radius 1 is 1.50 bits per heavy atom. The van der Waals surface area contributed by atoms with E-state index in [1.165, 1.54) is 22.2 Å². The van der Waals surface area contributed by atoms with E-state index in [1.54, 1.807) is 11.4 Å². The number of aromatic nitrogens is 2. The van der Waals surface area contributed by atoms with Gasteiger partial charge < -0.3 is 0 Å². The first kappa shape index (κ1) is 11.3. The van der Waals surface area contributed by atoms with Gasteiger partial charge in [-0.3, -0.25) is 9.36 Å². The molecule has 0 fully saturated rings. The van der Waals surface area contributed by atoms with Crippen LogP contribution in [0.5, 0.6) is 0 Å². The topological polar surface area (TPSA) is 69.0 Å². The maximum atomic E-state index is 11.8. The molecule has 7 heteroatoms. The number of nitrogens with zero attached hydrogens (tertiary/aromatic N) is 2. The fourth-order valence-electron chi connectivity index (χ4n) is 1.30. The molecule has 0 atom stereocenters. The van der Waals surface area contributed by atoms with E-state index in [9.17, 15) is 13.2 Å². The molecule has 0 amide bonds. The maximum absolute atomic E-state index is 11.8. The van der Waals surface area contributed by atoms with E-state index in [0.29, 0.717) is 10.2 Å². The highest BCUT2D eigenvalue weighted by Crippen LogP contribution is 2.12. The number of thiophene rings is 1. The average Bonchev–Trinajstić information content (AvgIpc) is 2.64. The summed E-state index contributed by atoms with van der Waals surface area (Å²) in [5.41, 5.74) is 0.481. The van der Waals surface area contributed by atoms with E-state index in [2.05, 4.69) is 4.98 Å². The Morgan fingerprint density at radius 3 is 2.94 bits per heavy atom. The summed E-state index contributed by atoms with van der Waals surface area (Å²) in [7, 11) is -3.06. The Bertz CT molecular complexity index is 669. The van der Waals surface area contributed by atoms with Crippen molar-refractivity contribution >= 4 is 31.4 Å². The van der Waals surface area contributed by atoms with Gasteiger partial charge in [0.05, 0.1) is 17.6 Å². The molecule has 0 N–H and O–H groups in total. The van der Waals surface area contributed by atoms with Gasteiger partial charge in [-0.2, -0.15) is 0 Å². The quantitative estimate of drug-likeness (QED) is 0.804. The lowest BCUT2D eigenvalue weighted by Gasteiger charge is -2.03. The summed E-state index contributed by atoms with van der Waals surface area (Å²) in [5, 5.41) is 1.79. The molecule has 16 heavy (non-hydrogen) atoms. The monoisotopic (exact) mass is 258 g/mol. The molecule has 0 aliphatic heterocycles. The van der Waals surface area contributed by atoms with Gasteiger partial charge in [0.2, 0.25) is 0 Å². The lowest BCUT2D eigenvalue weighted by Crippen LogP contribution is -2.23. The van der Waals surface area contributed by atoms with Gasteiger partial charge in [-0.05, 0) is 11.4 Å². The Hall–Kier alpha value is -1.21. The van der Waals surface area contributed by atoms with Crippen molar-refractivity contribution in [2.75, 3.05) is 12.0 Å². The number of hydrogen-bond donors (Lipinski definition) is 0. The standard InChI is InChI=1S/C9H10N2O3S2/c1-16(13,14)5-3-11-6-10-7-2-4-15-8(7)9(11)12/h2,4,6H,3,5H2,1H3. The molecule has 0 aliphatic rings. The second kappa shape index (κ2) is 3.99. The van der Waals surface area contributed by atoms with Gasteiger partial charge in [-0.15, -0.1) is 11.3 Å². The van der Waals surface area contributed by atoms with Crippen LogP contribution in [-0.2, 0) is 16.4 Å². The number of rotatable bonds is 3. The zero-order valence-corrected chi connectivity index (χ0v) is 10.2. The van der Waals surface area contributed by atoms with Crippen molar-refractivity contribution in [2.24, 2.45) is 0 Å². The van der Waals surface area contributed by atoms with Gasteiger partial charge in [-0.25, -0.2) is 13.4 Å². The first-order valence-corrected chi connectivity index (χ1v) is 7.52. The summed E-state index contributed by atoms with van der Waals surface area (Å²) in [5.74, 6) is -0.0501. The van der Waals surface area contributed by atoms with Crippen molar-refractivity contribution in [3.8, 4) is 0 Å². The SMILES string of the molecule is CS(=O)(=O)CCn1cnc2ccsc2c1=O. The van der Waals surface area contributed by atoms with Gasteiger partial charge >= 0.3 is 0 Å². The van der Waals surface area contributed by atoms with E-state index in [-0.39, 0.29) is 17.9 Å². The normalized spacial score (nSPS) is 12.1. The smallest absolute Gasteiger partial charge is 0.271 e. The molecule has 0 radical (unpaired) electrons. The maximum Gasteiger partial charge on any atom is 0.271 e. The highest BCUT2D eigenvalue weighted by atomic mass is 32.2. The Kier molecular flexibility index (Phi) is 2.81. The molecule has 2 rings (SSSR count). The molecule has 2 aromatic heterocycles. The van der Waals surface area contributed by atoms with E-state index in [1.807, 2.05) is 0 Å². The molecular formula is C9H10N2O3S2. The van der Waals surface area contributed by atoms with Crippen LogP contribution >= 0.6 is 11.3 Å². The largest absolute Gasteiger partial charge is 0.297 e. The Morgan fingerprint density at radius 2 is 2.25 bits per heavy atom. The van der Waals surface area contributed by atoms with Crippen LogP contribution in [0, 0.1) is 0 Å². The highest BCUT2D eigenvalue weighted by molar-refractivity contribution is 7.90. The fraction of sp³-hybridized carbons (Fsp3) is 0.333. The van der Waals surface area contributed by atoms with Crippen LogP contribution in [-0.4, -0.2) is 30.0 Å². The van der Waals surface area contributed by atoms with Gasteiger partial charge in [0, 0.05) is 12.8 Å². The lowest BCUT2D eigenvalue weighted by atomic mass is 10.5. The first-order valence-electron chi connectivity index (χ1n) is 4.58. The van der Waals surface area contributed by atoms with Crippen LogP contribution in [0.4, 0.5) is 0 Å². The van der Waals surface area contributed by atoms with Crippen LogP contribution in [0.25, 0.3) is 10.2 Å². The molecule has 0 saturated carbocycles. The molecule has 0 unspecified atom stereocenters. The fourth-order valence-corrected chi connectivity index (χ4v) is 2.62. The molecule has 0 bridgehead atoms. The molecule has 86 valence electrons. The molecular weight excluding hydrogens is 248 g/mol. The van der Waals surface area contributed by atoms with Crippen molar-refractivity contribution in [3.05, 3.63) is 28.1 Å². The molecule has 0 aromatic carbocycles. The molecule has 5 nitrogen and oxygen atoms in total. The number of fused-ring (bicyclic) bond motifs is 1. The third kappa shape index (κ3) is 2.30. The lowest BCUT2D eigenvalue weighted by molar-refractivity contribution is 0.592. The summed E-state index contributed by atoms with van der Waals surface area (Å²) >= 11 is 1.32. The minimum absolute atomic E-state index is 0.0501. The second-order valence-electron chi connectivity index (χ2n) is 3.51. The third-order valence-corrected chi connectivity index (χ3v) is 3.95. The minimum Gasteiger partial charge on any atom is -0.297 e. The van der Waals surface area contributed by atoms with Gasteiger partial charge in [-0.1, -0.05) is 0 Å². The summed E-state index contributed by atoms with van der Waals surface area (Å²) in [4.78, 5) is 15.9. The number of aryl methyl sites for hydroxylation is 1. The van der Waals surface area contributed by atoms with Crippen molar-refractivity contribution in [2.45, 2.75) is 6.54 Å². The highest BCUT2D eigenvalue weighted by Gasteiger charge is 2.07. The molecule has 0 saturated heterocycles. The summed E-state index contributed by atoms with van der Waals surface area (Å²) in [6.45, 7) is 0.151. The zero-order chi connectivity index (χ0) is 11.8. The molecule has 2 heterocycles. The van der Waals surface area contributed by atoms with Crippen LogP contribution in [0.1, 0.15) is 0 Å². The summed E-state index contributed by atoms with van der Waals surface area (Å²) in [6, 6.07) is 1.77. The number of sulfone groups is 1. The summed E-state index contributed by atoms with van der Waals surface area (Å²) < 4.78 is 23.9. The second-order valence-corrected chi connectivity index (χ2v) is 6.68. The number of hydrogen-bond acceptors (Lipinski definition) is 5. The molecule has 0 spiro atoms.